The zero-order chi connectivity index (χ0) is 25.8. The van der Waals surface area contributed by atoms with Crippen LogP contribution in [0.2, 0.25) is 0 Å². The van der Waals surface area contributed by atoms with Crippen molar-refractivity contribution in [3.63, 3.8) is 0 Å². The van der Waals surface area contributed by atoms with Gasteiger partial charge in [0.1, 0.15) is 0 Å². The number of rotatable bonds is 9. The zero-order valence-electron chi connectivity index (χ0n) is 22.3. The first-order valence-corrected chi connectivity index (χ1v) is 13.7. The second-order valence-electron chi connectivity index (χ2n) is 10.5. The normalized spacial score (nSPS) is 15.5. The topological polar surface area (TPSA) is 79.7 Å². The van der Waals surface area contributed by atoms with Gasteiger partial charge in [-0.3, -0.25) is 9.69 Å². The van der Waals surface area contributed by atoms with Crippen LogP contribution in [0.3, 0.4) is 0 Å². The monoisotopic (exact) mass is 498 g/mol. The molecule has 7 heteroatoms. The molecule has 0 bridgehead atoms. The van der Waals surface area contributed by atoms with E-state index in [1.165, 1.54) is 30.4 Å². The average Bonchev–Trinajstić information content (AvgIpc) is 3.39. The molecule has 5 rings (SSSR count). The summed E-state index contributed by atoms with van der Waals surface area (Å²) in [7, 11) is 0. The molecule has 0 unspecified atom stereocenters. The number of pyridine rings is 1. The molecule has 0 aliphatic heterocycles. The quantitative estimate of drug-likeness (QED) is 0.322. The first kappa shape index (κ1) is 25.3. The Labute approximate surface area is 218 Å². The minimum Gasteiger partial charge on any atom is -0.321 e. The smallest absolute Gasteiger partial charge is 0.252 e. The molecule has 194 valence electrons. The van der Waals surface area contributed by atoms with Crippen LogP contribution in [-0.4, -0.2) is 36.1 Å². The van der Waals surface area contributed by atoms with Gasteiger partial charge in [0.25, 0.3) is 5.56 Å². The van der Waals surface area contributed by atoms with Gasteiger partial charge in [-0.25, -0.2) is 4.68 Å². The van der Waals surface area contributed by atoms with E-state index in [2.05, 4.69) is 88.6 Å². The molecular formula is C30H38N6O. The first-order valence-electron chi connectivity index (χ1n) is 13.7. The summed E-state index contributed by atoms with van der Waals surface area (Å²) in [5.41, 5.74) is 5.34. The molecule has 1 fully saturated rings. The number of aromatic amines is 1. The van der Waals surface area contributed by atoms with Gasteiger partial charge in [-0.1, -0.05) is 68.7 Å². The number of benzene rings is 2. The van der Waals surface area contributed by atoms with Crippen LogP contribution >= 0.6 is 0 Å². The van der Waals surface area contributed by atoms with E-state index in [4.69, 9.17) is 0 Å². The molecule has 0 amide bonds. The Balaban J connectivity index is 1.47. The van der Waals surface area contributed by atoms with Crippen molar-refractivity contribution in [1.29, 1.82) is 0 Å². The molecule has 4 aromatic rings. The van der Waals surface area contributed by atoms with Crippen molar-refractivity contribution >= 4 is 10.9 Å². The summed E-state index contributed by atoms with van der Waals surface area (Å²) in [5, 5.41) is 14.1. The summed E-state index contributed by atoms with van der Waals surface area (Å²) in [5.74, 6) is 0.896. The van der Waals surface area contributed by atoms with Crippen molar-refractivity contribution < 1.29 is 0 Å². The van der Waals surface area contributed by atoms with Gasteiger partial charge in [-0.2, -0.15) is 0 Å². The Morgan fingerprint density at radius 2 is 1.86 bits per heavy atom. The van der Waals surface area contributed by atoms with Gasteiger partial charge in [-0.15, -0.1) is 5.10 Å². The molecule has 2 aromatic carbocycles. The van der Waals surface area contributed by atoms with Crippen LogP contribution in [0, 0.1) is 13.8 Å². The molecule has 0 saturated heterocycles. The van der Waals surface area contributed by atoms with Gasteiger partial charge in [0.15, 0.2) is 5.82 Å². The molecule has 37 heavy (non-hydrogen) atoms. The largest absolute Gasteiger partial charge is 0.321 e. The van der Waals surface area contributed by atoms with Crippen molar-refractivity contribution in [2.45, 2.75) is 90.9 Å². The van der Waals surface area contributed by atoms with Crippen molar-refractivity contribution in [2.24, 2.45) is 0 Å². The summed E-state index contributed by atoms with van der Waals surface area (Å²) in [6, 6.07) is 17.3. The van der Waals surface area contributed by atoms with Crippen LogP contribution in [-0.2, 0) is 19.5 Å². The van der Waals surface area contributed by atoms with E-state index in [1.54, 1.807) is 0 Å². The lowest BCUT2D eigenvalue weighted by Crippen LogP contribution is -2.41. The number of nitrogens with zero attached hydrogens (tertiary/aromatic N) is 5. The molecule has 2 heterocycles. The predicted molar refractivity (Wildman–Crippen MR) is 147 cm³/mol. The molecular weight excluding hydrogens is 460 g/mol. The standard InChI is InChI=1S/C30H38N6O/c1-4-27(29-32-33-34-36(29)18-17-23-11-7-5-8-12-23)35(26-13-9-6-10-14-26)20-25-19-24-16-15-21(2)22(3)28(24)31-30(25)37/h5,7-8,11-12,15-16,19,26-27H,4,6,9-10,13-14,17-18,20H2,1-3H3,(H,31,37)/t27-/m1/s1. The highest BCUT2D eigenvalue weighted by molar-refractivity contribution is 5.83. The number of tetrazole rings is 1. The predicted octanol–water partition coefficient (Wildman–Crippen LogP) is 5.66. The number of aryl methyl sites for hydroxylation is 4. The Kier molecular flexibility index (Phi) is 7.79. The second-order valence-corrected chi connectivity index (χ2v) is 10.5. The van der Waals surface area contributed by atoms with Crippen molar-refractivity contribution in [2.75, 3.05) is 0 Å². The third kappa shape index (κ3) is 5.52. The third-order valence-corrected chi connectivity index (χ3v) is 8.12. The fourth-order valence-electron chi connectivity index (χ4n) is 5.85. The fourth-order valence-corrected chi connectivity index (χ4v) is 5.85. The van der Waals surface area contributed by atoms with Crippen molar-refractivity contribution in [1.82, 2.24) is 30.1 Å². The average molecular weight is 499 g/mol. The molecule has 1 N–H and O–H groups in total. The van der Waals surface area contributed by atoms with Crippen LogP contribution in [0.1, 0.15) is 79.6 Å². The highest BCUT2D eigenvalue weighted by Gasteiger charge is 2.32. The number of fused-ring (bicyclic) bond motifs is 1. The van der Waals surface area contributed by atoms with Gasteiger partial charge < -0.3 is 4.98 Å². The second kappa shape index (κ2) is 11.4. The van der Waals surface area contributed by atoms with E-state index >= 15 is 0 Å². The molecule has 0 radical (unpaired) electrons. The van der Waals surface area contributed by atoms with Crippen LogP contribution in [0.15, 0.2) is 53.3 Å². The molecule has 1 aliphatic rings. The molecule has 0 spiro atoms. The van der Waals surface area contributed by atoms with E-state index in [0.29, 0.717) is 12.6 Å². The Morgan fingerprint density at radius 1 is 1.08 bits per heavy atom. The Morgan fingerprint density at radius 3 is 2.62 bits per heavy atom. The summed E-state index contributed by atoms with van der Waals surface area (Å²) in [6.07, 6.45) is 7.78. The molecule has 2 aromatic heterocycles. The Hall–Kier alpha value is -3.32. The molecule has 1 saturated carbocycles. The minimum atomic E-state index is 0.000493. The van der Waals surface area contributed by atoms with Gasteiger partial charge in [0, 0.05) is 24.7 Å². The van der Waals surface area contributed by atoms with Gasteiger partial charge in [0.2, 0.25) is 0 Å². The van der Waals surface area contributed by atoms with Crippen molar-refractivity contribution in [3.05, 3.63) is 87.0 Å². The lowest BCUT2D eigenvalue weighted by molar-refractivity contribution is 0.0841. The number of hydrogen-bond acceptors (Lipinski definition) is 5. The highest BCUT2D eigenvalue weighted by Crippen LogP contribution is 2.33. The third-order valence-electron chi connectivity index (χ3n) is 8.12. The van der Waals surface area contributed by atoms with Crippen LogP contribution in [0.4, 0.5) is 0 Å². The Bertz CT molecular complexity index is 1390. The molecule has 7 nitrogen and oxygen atoms in total. The number of aromatic nitrogens is 5. The highest BCUT2D eigenvalue weighted by atomic mass is 16.1. The molecule has 1 aliphatic carbocycles. The van der Waals surface area contributed by atoms with Crippen molar-refractivity contribution in [3.8, 4) is 0 Å². The SMILES string of the molecule is CC[C@H](c1nnnn1CCc1ccccc1)N(Cc1cc2ccc(C)c(C)c2[nH]c1=O)C1CCCCC1. The maximum atomic E-state index is 13.3. The van der Waals surface area contributed by atoms with Crippen LogP contribution in [0.25, 0.3) is 10.9 Å². The van der Waals surface area contributed by atoms with Gasteiger partial charge in [-0.05, 0) is 78.1 Å². The lowest BCUT2D eigenvalue weighted by atomic mass is 9.92. The van der Waals surface area contributed by atoms with E-state index < -0.39 is 0 Å². The number of nitrogens with one attached hydrogen (secondary N) is 1. The van der Waals surface area contributed by atoms with Crippen LogP contribution < -0.4 is 5.56 Å². The maximum Gasteiger partial charge on any atom is 0.252 e. The summed E-state index contributed by atoms with van der Waals surface area (Å²) < 4.78 is 1.97. The minimum absolute atomic E-state index is 0.000493. The maximum absolute atomic E-state index is 13.3. The zero-order valence-corrected chi connectivity index (χ0v) is 22.3. The van der Waals surface area contributed by atoms with E-state index in [0.717, 1.165) is 60.1 Å². The van der Waals surface area contributed by atoms with E-state index in [-0.39, 0.29) is 11.6 Å². The fraction of sp³-hybridized carbons (Fsp3) is 0.467. The summed E-state index contributed by atoms with van der Waals surface area (Å²) >= 11 is 0. The van der Waals surface area contributed by atoms with Gasteiger partial charge in [0.05, 0.1) is 11.6 Å². The number of H-pyrrole nitrogens is 1. The summed E-state index contributed by atoms with van der Waals surface area (Å²) in [6.45, 7) is 7.68. The van der Waals surface area contributed by atoms with Crippen LogP contribution in [0.5, 0.6) is 0 Å². The lowest BCUT2D eigenvalue weighted by Gasteiger charge is -2.39. The first-order chi connectivity index (χ1) is 18.0. The van der Waals surface area contributed by atoms with E-state index in [1.807, 2.05) is 10.7 Å². The van der Waals surface area contributed by atoms with E-state index in [9.17, 15) is 4.79 Å². The summed E-state index contributed by atoms with van der Waals surface area (Å²) in [4.78, 5) is 19.0. The van der Waals surface area contributed by atoms with Gasteiger partial charge >= 0.3 is 0 Å². The number of hydrogen-bond donors (Lipinski definition) is 1. The molecule has 1 atom stereocenters.